The van der Waals surface area contributed by atoms with Gasteiger partial charge in [-0.05, 0) is 24.6 Å². The standard InChI is InChI=1S/C16H14Cl3N5O/c1-9-13(19)14(23(2)21-9)16(25)20-15-12(18)8-24(22-15)7-10-3-5-11(17)6-4-10/h3-6,8H,7H2,1-2H3,(H,20,22,25). The Labute approximate surface area is 159 Å². The van der Waals surface area contributed by atoms with Gasteiger partial charge in [0.05, 0.1) is 17.3 Å². The fraction of sp³-hybridized carbons (Fsp3) is 0.188. The lowest BCUT2D eigenvalue weighted by atomic mass is 10.2. The predicted molar refractivity (Wildman–Crippen MR) is 98.7 cm³/mol. The minimum Gasteiger partial charge on any atom is -0.302 e. The fourth-order valence-electron chi connectivity index (χ4n) is 2.39. The largest absolute Gasteiger partial charge is 0.302 e. The van der Waals surface area contributed by atoms with Gasteiger partial charge in [0.2, 0.25) is 0 Å². The molecule has 1 aromatic carbocycles. The lowest BCUT2D eigenvalue weighted by molar-refractivity contribution is 0.101. The minimum absolute atomic E-state index is 0.252. The monoisotopic (exact) mass is 397 g/mol. The molecule has 0 bridgehead atoms. The molecular formula is C16H14Cl3N5O. The van der Waals surface area contributed by atoms with Crippen molar-refractivity contribution in [1.29, 1.82) is 0 Å². The third-order valence-corrected chi connectivity index (χ3v) is 4.55. The van der Waals surface area contributed by atoms with Crippen LogP contribution in [0.1, 0.15) is 21.7 Å². The van der Waals surface area contributed by atoms with Gasteiger partial charge in [0.25, 0.3) is 5.91 Å². The van der Waals surface area contributed by atoms with Gasteiger partial charge in [0.15, 0.2) is 5.82 Å². The summed E-state index contributed by atoms with van der Waals surface area (Å²) in [6, 6.07) is 7.40. The molecule has 0 atom stereocenters. The van der Waals surface area contributed by atoms with E-state index in [-0.39, 0.29) is 11.5 Å². The second kappa shape index (κ2) is 7.07. The predicted octanol–water partition coefficient (Wildman–Crippen LogP) is 4.19. The zero-order valence-corrected chi connectivity index (χ0v) is 15.7. The van der Waals surface area contributed by atoms with Crippen LogP contribution in [-0.2, 0) is 13.6 Å². The SMILES string of the molecule is Cc1nn(C)c(C(=O)Nc2nn(Cc3ccc(Cl)cc3)cc2Cl)c1Cl. The first-order chi connectivity index (χ1) is 11.8. The van der Waals surface area contributed by atoms with E-state index in [9.17, 15) is 4.79 Å². The van der Waals surface area contributed by atoms with E-state index >= 15 is 0 Å². The van der Waals surface area contributed by atoms with Crippen molar-refractivity contribution in [3.05, 3.63) is 62.5 Å². The molecule has 130 valence electrons. The molecule has 1 N–H and O–H groups in total. The number of rotatable bonds is 4. The Kier molecular flexibility index (Phi) is 5.03. The number of aryl methyl sites for hydroxylation is 2. The van der Waals surface area contributed by atoms with Crippen LogP contribution in [0.4, 0.5) is 5.82 Å². The van der Waals surface area contributed by atoms with Crippen LogP contribution < -0.4 is 5.32 Å². The van der Waals surface area contributed by atoms with Crippen molar-refractivity contribution in [3.63, 3.8) is 0 Å². The van der Waals surface area contributed by atoms with E-state index in [4.69, 9.17) is 34.8 Å². The highest BCUT2D eigenvalue weighted by molar-refractivity contribution is 6.35. The van der Waals surface area contributed by atoms with E-state index in [1.807, 2.05) is 12.1 Å². The molecule has 2 aromatic heterocycles. The summed E-state index contributed by atoms with van der Waals surface area (Å²) in [5.41, 5.74) is 1.84. The number of aromatic nitrogens is 4. The van der Waals surface area contributed by atoms with Crippen molar-refractivity contribution in [1.82, 2.24) is 19.6 Å². The Morgan fingerprint density at radius 1 is 1.16 bits per heavy atom. The van der Waals surface area contributed by atoms with Crippen molar-refractivity contribution in [3.8, 4) is 0 Å². The molecule has 0 aliphatic heterocycles. The number of halogens is 3. The van der Waals surface area contributed by atoms with Gasteiger partial charge >= 0.3 is 0 Å². The third kappa shape index (κ3) is 3.81. The molecule has 3 aromatic rings. The Balaban J connectivity index is 1.78. The molecule has 0 unspecified atom stereocenters. The van der Waals surface area contributed by atoms with E-state index in [0.29, 0.717) is 27.3 Å². The molecule has 0 spiro atoms. The van der Waals surface area contributed by atoms with Crippen LogP contribution in [0, 0.1) is 6.92 Å². The number of carbonyl (C=O) groups excluding carboxylic acids is 1. The van der Waals surface area contributed by atoms with E-state index in [1.54, 1.807) is 37.0 Å². The van der Waals surface area contributed by atoms with Gasteiger partial charge in [0, 0.05) is 18.3 Å². The number of nitrogens with one attached hydrogen (secondary N) is 1. The summed E-state index contributed by atoms with van der Waals surface area (Å²) in [5.74, 6) is -0.165. The summed E-state index contributed by atoms with van der Waals surface area (Å²) < 4.78 is 3.06. The average molecular weight is 399 g/mol. The molecule has 3 rings (SSSR count). The molecule has 0 fully saturated rings. The van der Waals surface area contributed by atoms with Crippen molar-refractivity contribution in [2.45, 2.75) is 13.5 Å². The second-order valence-corrected chi connectivity index (χ2v) is 6.70. The molecule has 9 heteroatoms. The Morgan fingerprint density at radius 2 is 1.84 bits per heavy atom. The zero-order valence-electron chi connectivity index (χ0n) is 13.4. The van der Waals surface area contributed by atoms with Gasteiger partial charge in [0.1, 0.15) is 10.7 Å². The normalized spacial score (nSPS) is 10.9. The van der Waals surface area contributed by atoms with Crippen LogP contribution in [0.3, 0.4) is 0 Å². The lowest BCUT2D eigenvalue weighted by Crippen LogP contribution is -2.17. The highest BCUT2D eigenvalue weighted by atomic mass is 35.5. The highest BCUT2D eigenvalue weighted by Crippen LogP contribution is 2.24. The van der Waals surface area contributed by atoms with Gasteiger partial charge in [-0.15, -0.1) is 0 Å². The van der Waals surface area contributed by atoms with Crippen LogP contribution in [0.25, 0.3) is 0 Å². The molecule has 6 nitrogen and oxygen atoms in total. The van der Waals surface area contributed by atoms with E-state index in [1.165, 1.54) is 4.68 Å². The molecule has 0 aliphatic carbocycles. The Hall–Kier alpha value is -2.02. The van der Waals surface area contributed by atoms with Crippen molar-refractivity contribution in [2.24, 2.45) is 7.05 Å². The van der Waals surface area contributed by atoms with Crippen molar-refractivity contribution < 1.29 is 4.79 Å². The second-order valence-electron chi connectivity index (χ2n) is 5.48. The maximum absolute atomic E-state index is 12.4. The Bertz CT molecular complexity index is 930. The number of anilines is 1. The van der Waals surface area contributed by atoms with Crippen LogP contribution in [0.5, 0.6) is 0 Å². The Morgan fingerprint density at radius 3 is 2.44 bits per heavy atom. The highest BCUT2D eigenvalue weighted by Gasteiger charge is 2.20. The topological polar surface area (TPSA) is 64.7 Å². The minimum atomic E-state index is -0.424. The first-order valence-corrected chi connectivity index (χ1v) is 8.46. The van der Waals surface area contributed by atoms with Crippen LogP contribution in [-0.4, -0.2) is 25.5 Å². The van der Waals surface area contributed by atoms with E-state index in [0.717, 1.165) is 5.56 Å². The zero-order chi connectivity index (χ0) is 18.1. The number of nitrogens with zero attached hydrogens (tertiary/aromatic N) is 4. The summed E-state index contributed by atoms with van der Waals surface area (Å²) in [6.45, 7) is 2.23. The van der Waals surface area contributed by atoms with Gasteiger partial charge in [-0.1, -0.05) is 46.9 Å². The quantitative estimate of drug-likeness (QED) is 0.717. The van der Waals surface area contributed by atoms with Crippen LogP contribution in [0.15, 0.2) is 30.5 Å². The molecular weight excluding hydrogens is 385 g/mol. The number of carbonyl (C=O) groups is 1. The molecule has 1 amide bonds. The van der Waals surface area contributed by atoms with Crippen molar-refractivity contribution in [2.75, 3.05) is 5.32 Å². The average Bonchev–Trinajstić information content (AvgIpc) is 3.01. The first-order valence-electron chi connectivity index (χ1n) is 7.33. The van der Waals surface area contributed by atoms with Gasteiger partial charge in [-0.2, -0.15) is 10.2 Å². The van der Waals surface area contributed by atoms with E-state index < -0.39 is 5.91 Å². The fourth-order valence-corrected chi connectivity index (χ4v) is 2.95. The lowest BCUT2D eigenvalue weighted by Gasteiger charge is -2.04. The number of hydrogen-bond acceptors (Lipinski definition) is 3. The maximum Gasteiger partial charge on any atom is 0.276 e. The summed E-state index contributed by atoms with van der Waals surface area (Å²) in [7, 11) is 1.65. The number of amides is 1. The smallest absolute Gasteiger partial charge is 0.276 e. The maximum atomic E-state index is 12.4. The molecule has 0 radical (unpaired) electrons. The molecule has 0 saturated carbocycles. The van der Waals surface area contributed by atoms with Crippen molar-refractivity contribution >= 4 is 46.5 Å². The number of benzene rings is 1. The van der Waals surface area contributed by atoms with Gasteiger partial charge in [-0.25, -0.2) is 0 Å². The van der Waals surface area contributed by atoms with Gasteiger partial charge < -0.3 is 5.32 Å². The molecule has 2 heterocycles. The van der Waals surface area contributed by atoms with Crippen LogP contribution >= 0.6 is 34.8 Å². The van der Waals surface area contributed by atoms with Gasteiger partial charge in [-0.3, -0.25) is 14.2 Å². The first kappa shape index (κ1) is 17.8. The molecule has 0 saturated heterocycles. The number of hydrogen-bond donors (Lipinski definition) is 1. The summed E-state index contributed by atoms with van der Waals surface area (Å²) in [5, 5.41) is 12.4. The van der Waals surface area contributed by atoms with Crippen LogP contribution in [0.2, 0.25) is 15.1 Å². The molecule has 0 aliphatic rings. The summed E-state index contributed by atoms with van der Waals surface area (Å²) in [6.07, 6.45) is 1.64. The summed E-state index contributed by atoms with van der Waals surface area (Å²) in [4.78, 5) is 12.4. The molecule has 25 heavy (non-hydrogen) atoms. The third-order valence-electron chi connectivity index (χ3n) is 3.57. The summed E-state index contributed by atoms with van der Waals surface area (Å²) >= 11 is 18.2. The van der Waals surface area contributed by atoms with E-state index in [2.05, 4.69) is 15.5 Å².